The molecular formula is C35H37BN2Si. The molecule has 1 aliphatic rings. The van der Waals surface area contributed by atoms with E-state index in [9.17, 15) is 0 Å². The van der Waals surface area contributed by atoms with E-state index in [4.69, 9.17) is 4.98 Å². The summed E-state index contributed by atoms with van der Waals surface area (Å²) in [6.07, 6.45) is 12.0. The lowest BCUT2D eigenvalue weighted by Crippen LogP contribution is -2.65. The zero-order valence-corrected chi connectivity index (χ0v) is 23.7. The van der Waals surface area contributed by atoms with E-state index >= 15 is 0 Å². The van der Waals surface area contributed by atoms with Crippen LogP contribution in [0.25, 0.3) is 0 Å². The van der Waals surface area contributed by atoms with Crippen LogP contribution in [-0.2, 0) is 6.17 Å². The zero-order valence-electron chi connectivity index (χ0n) is 22.7. The Labute approximate surface area is 235 Å². The molecule has 1 aromatic heterocycles. The fourth-order valence-corrected chi connectivity index (χ4v) is 12.6. The van der Waals surface area contributed by atoms with Crippen molar-refractivity contribution in [1.82, 2.24) is 9.55 Å². The van der Waals surface area contributed by atoms with Gasteiger partial charge in [0, 0.05) is 18.6 Å². The SMILES string of the molecule is B(c1nccn1C[Si](c1ccccc1)(c1ccccc1)C1CCCCC1)C(c1ccccc1)c1ccccc1. The molecule has 1 saturated carbocycles. The van der Waals surface area contributed by atoms with Gasteiger partial charge >= 0.3 is 0 Å². The van der Waals surface area contributed by atoms with Crippen LogP contribution in [0.1, 0.15) is 49.0 Å². The highest BCUT2D eigenvalue weighted by atomic mass is 28.3. The van der Waals surface area contributed by atoms with Crippen molar-refractivity contribution in [3.8, 4) is 0 Å². The molecule has 0 N–H and O–H groups in total. The summed E-state index contributed by atoms with van der Waals surface area (Å²) in [5.74, 6) is 0.271. The first-order valence-electron chi connectivity index (χ1n) is 14.6. The van der Waals surface area contributed by atoms with Crippen molar-refractivity contribution in [2.75, 3.05) is 0 Å². The van der Waals surface area contributed by atoms with Gasteiger partial charge in [0.1, 0.15) is 8.07 Å². The lowest BCUT2D eigenvalue weighted by atomic mass is 9.58. The largest absolute Gasteiger partial charge is 0.345 e. The van der Waals surface area contributed by atoms with E-state index < -0.39 is 8.07 Å². The van der Waals surface area contributed by atoms with E-state index in [-0.39, 0.29) is 5.82 Å². The molecular weight excluding hydrogens is 487 g/mol. The van der Waals surface area contributed by atoms with E-state index in [1.807, 2.05) is 6.20 Å². The first-order valence-corrected chi connectivity index (χ1v) is 16.8. The second-order valence-electron chi connectivity index (χ2n) is 11.1. The fourth-order valence-electron chi connectivity index (χ4n) is 6.94. The Morgan fingerprint density at radius 3 is 1.67 bits per heavy atom. The van der Waals surface area contributed by atoms with Crippen LogP contribution in [0.2, 0.25) is 5.54 Å². The summed E-state index contributed by atoms with van der Waals surface area (Å²) in [6.45, 7) is 0. The van der Waals surface area contributed by atoms with Gasteiger partial charge in [-0.1, -0.05) is 164 Å². The van der Waals surface area contributed by atoms with Crippen molar-refractivity contribution in [1.29, 1.82) is 0 Å². The average molecular weight is 525 g/mol. The fraction of sp³-hybridized carbons (Fsp3) is 0.229. The molecule has 4 aromatic carbocycles. The summed E-state index contributed by atoms with van der Waals surface area (Å²) in [6, 6.07) is 44.9. The molecule has 0 aliphatic heterocycles. The summed E-state index contributed by atoms with van der Waals surface area (Å²) in [4.78, 5) is 5.01. The molecule has 1 heterocycles. The van der Waals surface area contributed by atoms with Crippen LogP contribution in [0.15, 0.2) is 134 Å². The highest BCUT2D eigenvalue weighted by Crippen LogP contribution is 2.37. The van der Waals surface area contributed by atoms with Crippen molar-refractivity contribution in [3.63, 3.8) is 0 Å². The highest BCUT2D eigenvalue weighted by Gasteiger charge is 2.45. The van der Waals surface area contributed by atoms with Gasteiger partial charge in [-0.15, -0.1) is 0 Å². The van der Waals surface area contributed by atoms with Crippen molar-refractivity contribution in [2.24, 2.45) is 0 Å². The number of benzene rings is 4. The molecule has 39 heavy (non-hydrogen) atoms. The van der Waals surface area contributed by atoms with Gasteiger partial charge in [-0.25, -0.2) is 0 Å². The second-order valence-corrected chi connectivity index (χ2v) is 15.3. The number of rotatable bonds is 9. The molecule has 0 radical (unpaired) electrons. The maximum atomic E-state index is 5.01. The van der Waals surface area contributed by atoms with Gasteiger partial charge in [-0.05, 0) is 22.5 Å². The molecule has 0 atom stereocenters. The maximum Gasteiger partial charge on any atom is 0.217 e. The van der Waals surface area contributed by atoms with Crippen LogP contribution in [0.4, 0.5) is 0 Å². The predicted octanol–water partition coefficient (Wildman–Crippen LogP) is 5.87. The second kappa shape index (κ2) is 12.0. The summed E-state index contributed by atoms with van der Waals surface area (Å²) in [7, 11) is -1.28. The van der Waals surface area contributed by atoms with Crippen molar-refractivity contribution in [3.05, 3.63) is 145 Å². The van der Waals surface area contributed by atoms with Gasteiger partial charge in [0.05, 0.1) is 5.72 Å². The molecule has 1 fully saturated rings. The smallest absolute Gasteiger partial charge is 0.217 e. The highest BCUT2D eigenvalue weighted by molar-refractivity contribution is 7.02. The van der Waals surface area contributed by atoms with E-state index in [1.54, 1.807) is 10.4 Å². The third kappa shape index (κ3) is 5.44. The van der Waals surface area contributed by atoms with Gasteiger partial charge in [0.2, 0.25) is 7.28 Å². The molecule has 4 heteroatoms. The molecule has 0 unspecified atom stereocenters. The summed E-state index contributed by atoms with van der Waals surface area (Å²) >= 11 is 0. The van der Waals surface area contributed by atoms with E-state index in [1.165, 1.54) is 49.0 Å². The van der Waals surface area contributed by atoms with Gasteiger partial charge in [0.25, 0.3) is 0 Å². The molecule has 0 bridgehead atoms. The van der Waals surface area contributed by atoms with Crippen LogP contribution >= 0.6 is 0 Å². The van der Waals surface area contributed by atoms with Crippen molar-refractivity contribution < 1.29 is 0 Å². The Hall–Kier alpha value is -3.63. The third-order valence-electron chi connectivity index (χ3n) is 8.89. The molecule has 5 aromatic rings. The number of imidazole rings is 1. The van der Waals surface area contributed by atoms with Gasteiger partial charge < -0.3 is 4.57 Å². The molecule has 194 valence electrons. The minimum absolute atomic E-state index is 0.271. The molecule has 2 nitrogen and oxygen atoms in total. The van der Waals surface area contributed by atoms with E-state index in [0.29, 0.717) is 0 Å². The van der Waals surface area contributed by atoms with Gasteiger partial charge in [-0.3, -0.25) is 4.98 Å². The van der Waals surface area contributed by atoms with E-state index in [0.717, 1.165) is 19.0 Å². The van der Waals surface area contributed by atoms with Crippen LogP contribution in [0, 0.1) is 0 Å². The van der Waals surface area contributed by atoms with Crippen LogP contribution < -0.4 is 16.1 Å². The average Bonchev–Trinajstić information content (AvgIpc) is 3.47. The molecule has 0 saturated heterocycles. The van der Waals surface area contributed by atoms with Gasteiger partial charge in [0.15, 0.2) is 0 Å². The normalized spacial score (nSPS) is 14.4. The predicted molar refractivity (Wildman–Crippen MR) is 168 cm³/mol. The third-order valence-corrected chi connectivity index (χ3v) is 14.4. The monoisotopic (exact) mass is 524 g/mol. The van der Waals surface area contributed by atoms with Gasteiger partial charge in [-0.2, -0.15) is 0 Å². The number of aromatic nitrogens is 2. The van der Waals surface area contributed by atoms with Crippen LogP contribution in [0.3, 0.4) is 0 Å². The Bertz CT molecular complexity index is 1350. The Morgan fingerprint density at radius 2 is 1.15 bits per heavy atom. The Balaban J connectivity index is 1.44. The summed E-state index contributed by atoms with van der Waals surface area (Å²) in [5.41, 5.74) is 4.61. The molecule has 1 aliphatic carbocycles. The molecule has 0 amide bonds. The first kappa shape index (κ1) is 25.6. The topological polar surface area (TPSA) is 17.8 Å². The lowest BCUT2D eigenvalue weighted by molar-refractivity contribution is 0.491. The van der Waals surface area contributed by atoms with E-state index in [2.05, 4.69) is 132 Å². The van der Waals surface area contributed by atoms with Crippen molar-refractivity contribution >= 4 is 31.5 Å². The number of hydrogen-bond donors (Lipinski definition) is 0. The van der Waals surface area contributed by atoms with Crippen LogP contribution in [-0.4, -0.2) is 24.9 Å². The lowest BCUT2D eigenvalue weighted by Gasteiger charge is -2.42. The number of nitrogens with zero attached hydrogens (tertiary/aromatic N) is 2. The minimum Gasteiger partial charge on any atom is -0.345 e. The minimum atomic E-state index is -2.17. The zero-order chi connectivity index (χ0) is 26.3. The Morgan fingerprint density at radius 1 is 0.667 bits per heavy atom. The quantitative estimate of drug-likeness (QED) is 0.221. The standard InChI is InChI=1S/C35H37BN2Si/c1-6-16-29(17-7-1)34(30-18-8-2-9-19-30)36-35-37-26-27-38(35)28-39(31-20-10-3-11-21-31,32-22-12-4-13-23-32)33-24-14-5-15-25-33/h1-4,6-13,16-23,26-27,33-34,36H,5,14-15,24-25,28H2. The van der Waals surface area contributed by atoms with Crippen molar-refractivity contribution in [2.45, 2.75) is 49.6 Å². The molecule has 0 spiro atoms. The molecule has 6 rings (SSSR count). The summed E-state index contributed by atoms with van der Waals surface area (Å²) < 4.78 is 2.53. The Kier molecular flexibility index (Phi) is 7.92. The maximum absolute atomic E-state index is 5.01. The van der Waals surface area contributed by atoms with Crippen LogP contribution in [0.5, 0.6) is 0 Å². The first-order chi connectivity index (χ1) is 19.3. The number of hydrogen-bond acceptors (Lipinski definition) is 1. The summed E-state index contributed by atoms with van der Waals surface area (Å²) in [5, 5.41) is 3.12.